The number of nitrogens with one attached hydrogen (secondary N) is 2. The van der Waals surface area contributed by atoms with E-state index in [1.165, 1.54) is 12.8 Å². The maximum atomic E-state index is 12.1. The van der Waals surface area contributed by atoms with Crippen LogP contribution in [0.4, 0.5) is 0 Å². The second-order valence-electron chi connectivity index (χ2n) is 5.36. The van der Waals surface area contributed by atoms with E-state index < -0.39 is 0 Å². The highest BCUT2D eigenvalue weighted by atomic mass is 16.3. The molecule has 0 bridgehead atoms. The van der Waals surface area contributed by atoms with Crippen LogP contribution in [-0.2, 0) is 0 Å². The van der Waals surface area contributed by atoms with E-state index in [0.717, 1.165) is 6.42 Å². The average Bonchev–Trinajstić information content (AvgIpc) is 2.39. The number of benzene rings is 1. The number of rotatable bonds is 3. The number of carbonyl (C=O) groups is 1. The number of carbonyl (C=O) groups excluding carboxylic acids is 1. The molecule has 0 radical (unpaired) electrons. The number of hydrogen-bond acceptors (Lipinski definition) is 3. The molecule has 3 N–H and O–H groups in total. The minimum atomic E-state index is -0.117. The van der Waals surface area contributed by atoms with Crippen molar-refractivity contribution in [3.05, 3.63) is 29.3 Å². The Labute approximate surface area is 114 Å². The van der Waals surface area contributed by atoms with Crippen molar-refractivity contribution < 1.29 is 9.90 Å². The van der Waals surface area contributed by atoms with Crippen LogP contribution in [-0.4, -0.2) is 29.6 Å². The fourth-order valence-electron chi connectivity index (χ4n) is 2.58. The van der Waals surface area contributed by atoms with Gasteiger partial charge in [0, 0.05) is 29.8 Å². The topological polar surface area (TPSA) is 61.4 Å². The lowest BCUT2D eigenvalue weighted by atomic mass is 9.99. The molecule has 2 unspecified atom stereocenters. The van der Waals surface area contributed by atoms with Gasteiger partial charge in [-0.1, -0.05) is 12.5 Å². The van der Waals surface area contributed by atoms with Crippen molar-refractivity contribution >= 4 is 5.91 Å². The van der Waals surface area contributed by atoms with Crippen molar-refractivity contribution in [3.63, 3.8) is 0 Å². The molecule has 1 aromatic carbocycles. The molecule has 4 nitrogen and oxygen atoms in total. The van der Waals surface area contributed by atoms with E-state index >= 15 is 0 Å². The molecule has 0 aromatic heterocycles. The van der Waals surface area contributed by atoms with E-state index in [-0.39, 0.29) is 11.7 Å². The van der Waals surface area contributed by atoms with Crippen molar-refractivity contribution in [2.24, 2.45) is 0 Å². The highest BCUT2D eigenvalue weighted by molar-refractivity contribution is 5.96. The molecule has 0 aliphatic carbocycles. The molecule has 0 spiro atoms. The summed E-state index contributed by atoms with van der Waals surface area (Å²) in [7, 11) is 0. The largest absolute Gasteiger partial charge is 0.508 e. The molecular formula is C15H22N2O2. The second kappa shape index (κ2) is 6.06. The molecule has 104 valence electrons. The van der Waals surface area contributed by atoms with Gasteiger partial charge in [-0.15, -0.1) is 0 Å². The van der Waals surface area contributed by atoms with Crippen LogP contribution in [0.1, 0.15) is 42.1 Å². The van der Waals surface area contributed by atoms with Crippen LogP contribution in [0, 0.1) is 6.92 Å². The first kappa shape index (κ1) is 13.9. The zero-order chi connectivity index (χ0) is 13.8. The van der Waals surface area contributed by atoms with Gasteiger partial charge >= 0.3 is 0 Å². The molecule has 1 heterocycles. The molecule has 2 atom stereocenters. The molecule has 1 aliphatic rings. The van der Waals surface area contributed by atoms with Gasteiger partial charge in [0.15, 0.2) is 0 Å². The average molecular weight is 262 g/mol. The number of phenolic OH excluding ortho intramolecular Hbond substituents is 1. The summed E-state index contributed by atoms with van der Waals surface area (Å²) in [5.41, 5.74) is 1.17. The summed E-state index contributed by atoms with van der Waals surface area (Å²) in [6.07, 6.45) is 3.51. The highest BCUT2D eigenvalue weighted by Gasteiger charge is 2.19. The quantitative estimate of drug-likeness (QED) is 0.780. The first-order valence-electron chi connectivity index (χ1n) is 6.90. The van der Waals surface area contributed by atoms with Crippen molar-refractivity contribution in [2.75, 3.05) is 6.54 Å². The van der Waals surface area contributed by atoms with Gasteiger partial charge in [-0.2, -0.15) is 0 Å². The van der Waals surface area contributed by atoms with Gasteiger partial charge in [0.1, 0.15) is 5.75 Å². The predicted octanol–water partition coefficient (Wildman–Crippen LogP) is 1.96. The van der Waals surface area contributed by atoms with E-state index in [0.29, 0.717) is 29.8 Å². The summed E-state index contributed by atoms with van der Waals surface area (Å²) in [6.45, 7) is 4.57. The lowest BCUT2D eigenvalue weighted by molar-refractivity contribution is 0.0945. The molecule has 19 heavy (non-hydrogen) atoms. The molecule has 2 rings (SSSR count). The Balaban J connectivity index is 1.92. The van der Waals surface area contributed by atoms with Gasteiger partial charge in [-0.05, 0) is 38.8 Å². The number of aromatic hydroxyl groups is 1. The van der Waals surface area contributed by atoms with E-state index in [2.05, 4.69) is 17.6 Å². The Hall–Kier alpha value is -1.55. The molecule has 1 saturated heterocycles. The van der Waals surface area contributed by atoms with Gasteiger partial charge < -0.3 is 15.7 Å². The monoisotopic (exact) mass is 262 g/mol. The third-order valence-corrected chi connectivity index (χ3v) is 3.77. The van der Waals surface area contributed by atoms with Crippen LogP contribution < -0.4 is 10.6 Å². The van der Waals surface area contributed by atoms with Crippen molar-refractivity contribution in [1.82, 2.24) is 10.6 Å². The van der Waals surface area contributed by atoms with Gasteiger partial charge in [-0.3, -0.25) is 4.79 Å². The van der Waals surface area contributed by atoms with Gasteiger partial charge in [0.25, 0.3) is 5.91 Å². The van der Waals surface area contributed by atoms with Gasteiger partial charge in [0.2, 0.25) is 0 Å². The van der Waals surface area contributed by atoms with E-state index in [1.54, 1.807) is 25.1 Å². The van der Waals surface area contributed by atoms with Gasteiger partial charge in [-0.25, -0.2) is 0 Å². The highest BCUT2D eigenvalue weighted by Crippen LogP contribution is 2.19. The summed E-state index contributed by atoms with van der Waals surface area (Å²) in [5.74, 6) is 0.0468. The van der Waals surface area contributed by atoms with Gasteiger partial charge in [0.05, 0.1) is 0 Å². The Kier molecular flexibility index (Phi) is 4.43. The molecule has 1 fully saturated rings. The molecule has 1 amide bonds. The first-order valence-corrected chi connectivity index (χ1v) is 6.90. The maximum absolute atomic E-state index is 12.1. The van der Waals surface area contributed by atoms with Crippen LogP contribution in [0.5, 0.6) is 5.75 Å². The fourth-order valence-corrected chi connectivity index (χ4v) is 2.58. The maximum Gasteiger partial charge on any atom is 0.251 e. The normalized spacial score (nSPS) is 23.1. The number of phenols is 1. The zero-order valence-corrected chi connectivity index (χ0v) is 11.6. The standard InChI is InChI=1S/C15H22N2O2/c1-10-5-3-6-12(17-10)9-16-15(19)13-7-4-8-14(18)11(13)2/h4,7-8,10,12,17-18H,3,5-6,9H2,1-2H3,(H,16,19). The lowest BCUT2D eigenvalue weighted by Crippen LogP contribution is -2.47. The Morgan fingerprint density at radius 1 is 1.47 bits per heavy atom. The van der Waals surface area contributed by atoms with Crippen LogP contribution in [0.3, 0.4) is 0 Å². The summed E-state index contributed by atoms with van der Waals surface area (Å²) < 4.78 is 0. The fraction of sp³-hybridized carbons (Fsp3) is 0.533. The third-order valence-electron chi connectivity index (χ3n) is 3.77. The number of piperidine rings is 1. The Morgan fingerprint density at radius 2 is 2.26 bits per heavy atom. The van der Waals surface area contributed by atoms with Crippen LogP contribution >= 0.6 is 0 Å². The summed E-state index contributed by atoms with van der Waals surface area (Å²) in [6, 6.07) is 5.90. The smallest absolute Gasteiger partial charge is 0.251 e. The Morgan fingerprint density at radius 3 is 3.00 bits per heavy atom. The molecule has 4 heteroatoms. The van der Waals surface area contributed by atoms with E-state index in [4.69, 9.17) is 0 Å². The van der Waals surface area contributed by atoms with Crippen molar-refractivity contribution in [2.45, 2.75) is 45.2 Å². The van der Waals surface area contributed by atoms with Crippen molar-refractivity contribution in [1.29, 1.82) is 0 Å². The summed E-state index contributed by atoms with van der Waals surface area (Å²) >= 11 is 0. The Bertz CT molecular complexity index is 459. The van der Waals surface area contributed by atoms with E-state index in [1.807, 2.05) is 0 Å². The first-order chi connectivity index (χ1) is 9.08. The van der Waals surface area contributed by atoms with E-state index in [9.17, 15) is 9.90 Å². The van der Waals surface area contributed by atoms with Crippen LogP contribution in [0.2, 0.25) is 0 Å². The minimum absolute atomic E-state index is 0.117. The second-order valence-corrected chi connectivity index (χ2v) is 5.36. The molecule has 1 aliphatic heterocycles. The third kappa shape index (κ3) is 3.47. The van der Waals surface area contributed by atoms with Crippen LogP contribution in [0.15, 0.2) is 18.2 Å². The SMILES string of the molecule is Cc1c(O)cccc1C(=O)NCC1CCCC(C)N1. The number of amides is 1. The molecule has 0 saturated carbocycles. The van der Waals surface area contributed by atoms with Crippen molar-refractivity contribution in [3.8, 4) is 5.75 Å². The predicted molar refractivity (Wildman–Crippen MR) is 75.4 cm³/mol. The molecular weight excluding hydrogens is 240 g/mol. The molecule has 1 aromatic rings. The number of hydrogen-bond donors (Lipinski definition) is 3. The lowest BCUT2D eigenvalue weighted by Gasteiger charge is -2.28. The summed E-state index contributed by atoms with van der Waals surface area (Å²) in [5, 5.41) is 16.0. The summed E-state index contributed by atoms with van der Waals surface area (Å²) in [4.78, 5) is 12.1. The van der Waals surface area contributed by atoms with Crippen LogP contribution in [0.25, 0.3) is 0 Å². The minimum Gasteiger partial charge on any atom is -0.508 e. The zero-order valence-electron chi connectivity index (χ0n) is 11.6.